The normalized spacial score (nSPS) is 14.2. The molecule has 0 spiro atoms. The van der Waals surface area contributed by atoms with E-state index >= 15 is 0 Å². The average molecular weight is 282 g/mol. The van der Waals surface area contributed by atoms with Gasteiger partial charge in [0.2, 0.25) is 0 Å². The van der Waals surface area contributed by atoms with E-state index in [9.17, 15) is 9.59 Å². The van der Waals surface area contributed by atoms with Crippen molar-refractivity contribution in [3.63, 3.8) is 0 Å². The van der Waals surface area contributed by atoms with E-state index in [4.69, 9.17) is 10.2 Å². The highest BCUT2D eigenvalue weighted by atomic mass is 32.1. The molecule has 2 unspecified atom stereocenters. The Bertz CT molecular complexity index is 229. The highest BCUT2D eigenvalue weighted by Crippen LogP contribution is 1.90. The molecule has 0 aromatic carbocycles. The first-order valence-electron chi connectivity index (χ1n) is 5.17. The van der Waals surface area contributed by atoms with Gasteiger partial charge >= 0.3 is 11.9 Å². The van der Waals surface area contributed by atoms with Crippen molar-refractivity contribution in [1.29, 1.82) is 0 Å². The molecule has 0 aliphatic heterocycles. The van der Waals surface area contributed by atoms with Gasteiger partial charge in [0.15, 0.2) is 0 Å². The van der Waals surface area contributed by atoms with E-state index in [0.29, 0.717) is 19.5 Å². The molecule has 100 valence electrons. The number of hydrogen-bond donors (Lipinski definition) is 6. The largest absolute Gasteiger partial charge is 0.480 e. The molecular weight excluding hydrogens is 264 g/mol. The van der Waals surface area contributed by atoms with Gasteiger partial charge in [-0.2, -0.15) is 25.3 Å². The molecule has 0 aromatic rings. The lowest BCUT2D eigenvalue weighted by Gasteiger charge is -2.13. The van der Waals surface area contributed by atoms with E-state index in [-0.39, 0.29) is 11.5 Å². The highest BCUT2D eigenvalue weighted by molar-refractivity contribution is 7.80. The molecule has 0 heterocycles. The maximum Gasteiger partial charge on any atom is 0.321 e. The van der Waals surface area contributed by atoms with Gasteiger partial charge in [-0.3, -0.25) is 9.59 Å². The summed E-state index contributed by atoms with van der Waals surface area (Å²) in [6.07, 6.45) is 0.634. The Kier molecular flexibility index (Phi) is 9.33. The maximum absolute atomic E-state index is 10.6. The predicted octanol–water partition coefficient (Wildman–Crippen LogP) is -0.678. The SMILES string of the molecule is O=C(O)C(CS)NCCCNC(CS)C(=O)O. The minimum absolute atomic E-state index is 0.219. The number of hydrogen-bond acceptors (Lipinski definition) is 6. The van der Waals surface area contributed by atoms with Crippen molar-refractivity contribution in [3.8, 4) is 0 Å². The molecule has 2 atom stereocenters. The summed E-state index contributed by atoms with van der Waals surface area (Å²) in [5.74, 6) is -1.44. The van der Waals surface area contributed by atoms with Gasteiger partial charge in [0.05, 0.1) is 0 Å². The van der Waals surface area contributed by atoms with E-state index < -0.39 is 24.0 Å². The Hall–Kier alpha value is -0.440. The molecule has 0 aliphatic carbocycles. The Morgan fingerprint density at radius 2 is 1.29 bits per heavy atom. The van der Waals surface area contributed by atoms with Gasteiger partial charge in [0.25, 0.3) is 0 Å². The molecule has 8 heteroatoms. The summed E-state index contributed by atoms with van der Waals surface area (Å²) in [4.78, 5) is 21.2. The van der Waals surface area contributed by atoms with Gasteiger partial charge in [-0.05, 0) is 19.5 Å². The number of carboxylic acids is 2. The first-order chi connectivity index (χ1) is 8.02. The summed E-state index contributed by atoms with van der Waals surface area (Å²) in [5, 5.41) is 23.0. The van der Waals surface area contributed by atoms with Crippen LogP contribution in [0.25, 0.3) is 0 Å². The predicted molar refractivity (Wildman–Crippen MR) is 71.2 cm³/mol. The van der Waals surface area contributed by atoms with Crippen molar-refractivity contribution in [2.24, 2.45) is 0 Å². The van der Waals surface area contributed by atoms with E-state index in [1.807, 2.05) is 0 Å². The number of carbonyl (C=O) groups is 2. The Labute approximate surface area is 111 Å². The summed E-state index contributed by atoms with van der Waals surface area (Å²) in [7, 11) is 0. The third kappa shape index (κ3) is 7.48. The van der Waals surface area contributed by atoms with Crippen molar-refractivity contribution in [3.05, 3.63) is 0 Å². The number of nitrogens with one attached hydrogen (secondary N) is 2. The molecule has 0 bridgehead atoms. The lowest BCUT2D eigenvalue weighted by atomic mass is 10.3. The summed E-state index contributed by atoms with van der Waals surface area (Å²) < 4.78 is 0. The molecule has 0 rings (SSSR count). The fraction of sp³-hybridized carbons (Fsp3) is 0.778. The third-order valence-electron chi connectivity index (χ3n) is 2.10. The van der Waals surface area contributed by atoms with E-state index in [1.54, 1.807) is 0 Å². The fourth-order valence-corrected chi connectivity index (χ4v) is 1.67. The minimum atomic E-state index is -0.938. The summed E-state index contributed by atoms with van der Waals surface area (Å²) in [5.41, 5.74) is 0. The summed E-state index contributed by atoms with van der Waals surface area (Å²) >= 11 is 7.82. The molecular formula is C9H18N2O4S2. The maximum atomic E-state index is 10.6. The second-order valence-corrected chi connectivity index (χ2v) is 4.14. The zero-order chi connectivity index (χ0) is 13.3. The molecule has 17 heavy (non-hydrogen) atoms. The standard InChI is InChI=1S/C9H18N2O4S2/c12-8(13)6(4-16)10-2-1-3-11-7(5-17)9(14)15/h6-7,10-11,16-17H,1-5H2,(H,12,13)(H,14,15). The van der Waals surface area contributed by atoms with Crippen LogP contribution in [0.3, 0.4) is 0 Å². The van der Waals surface area contributed by atoms with Crippen LogP contribution in [0.4, 0.5) is 0 Å². The fourth-order valence-electron chi connectivity index (χ4n) is 1.10. The van der Waals surface area contributed by atoms with Crippen LogP contribution in [-0.2, 0) is 9.59 Å². The molecule has 0 fully saturated rings. The van der Waals surface area contributed by atoms with Crippen LogP contribution < -0.4 is 10.6 Å². The number of aliphatic carboxylic acids is 2. The van der Waals surface area contributed by atoms with Crippen molar-refractivity contribution in [2.75, 3.05) is 24.6 Å². The third-order valence-corrected chi connectivity index (χ3v) is 2.83. The molecule has 0 saturated carbocycles. The topological polar surface area (TPSA) is 98.7 Å². The Morgan fingerprint density at radius 1 is 0.941 bits per heavy atom. The van der Waals surface area contributed by atoms with Crippen LogP contribution in [0.5, 0.6) is 0 Å². The lowest BCUT2D eigenvalue weighted by Crippen LogP contribution is -2.42. The molecule has 0 amide bonds. The zero-order valence-electron chi connectivity index (χ0n) is 9.30. The first kappa shape index (κ1) is 16.6. The number of carboxylic acid groups (broad SMARTS) is 2. The Morgan fingerprint density at radius 3 is 1.53 bits per heavy atom. The van der Waals surface area contributed by atoms with Gasteiger partial charge in [-0.1, -0.05) is 0 Å². The van der Waals surface area contributed by atoms with E-state index in [2.05, 4.69) is 35.9 Å². The van der Waals surface area contributed by atoms with Crippen LogP contribution in [0.15, 0.2) is 0 Å². The van der Waals surface area contributed by atoms with Crippen LogP contribution in [0, 0.1) is 0 Å². The van der Waals surface area contributed by atoms with Gasteiger partial charge in [-0.15, -0.1) is 0 Å². The molecule has 0 radical (unpaired) electrons. The lowest BCUT2D eigenvalue weighted by molar-refractivity contribution is -0.139. The first-order valence-corrected chi connectivity index (χ1v) is 6.43. The summed E-state index contributed by atoms with van der Waals surface area (Å²) in [6.45, 7) is 0.979. The molecule has 6 nitrogen and oxygen atoms in total. The van der Waals surface area contributed by atoms with Crippen molar-refractivity contribution >= 4 is 37.2 Å². The minimum Gasteiger partial charge on any atom is -0.480 e. The second kappa shape index (κ2) is 9.58. The molecule has 0 saturated heterocycles. The Balaban J connectivity index is 3.64. The van der Waals surface area contributed by atoms with Crippen LogP contribution in [0.1, 0.15) is 6.42 Å². The van der Waals surface area contributed by atoms with Crippen LogP contribution in [0.2, 0.25) is 0 Å². The van der Waals surface area contributed by atoms with Crippen LogP contribution in [-0.4, -0.2) is 58.8 Å². The van der Waals surface area contributed by atoms with Gasteiger partial charge in [0.1, 0.15) is 12.1 Å². The van der Waals surface area contributed by atoms with Crippen molar-refractivity contribution < 1.29 is 19.8 Å². The van der Waals surface area contributed by atoms with Gasteiger partial charge in [0, 0.05) is 11.5 Å². The van der Waals surface area contributed by atoms with Crippen molar-refractivity contribution in [2.45, 2.75) is 18.5 Å². The van der Waals surface area contributed by atoms with Gasteiger partial charge in [-0.25, -0.2) is 0 Å². The highest BCUT2D eigenvalue weighted by Gasteiger charge is 2.15. The summed E-state index contributed by atoms with van der Waals surface area (Å²) in [6, 6.07) is -1.34. The van der Waals surface area contributed by atoms with Gasteiger partial charge < -0.3 is 20.8 Å². The number of rotatable bonds is 10. The number of thiol groups is 2. The quantitative estimate of drug-likeness (QED) is 0.235. The monoisotopic (exact) mass is 282 g/mol. The van der Waals surface area contributed by atoms with E-state index in [1.165, 1.54) is 0 Å². The molecule has 4 N–H and O–H groups in total. The van der Waals surface area contributed by atoms with Crippen molar-refractivity contribution in [1.82, 2.24) is 10.6 Å². The average Bonchev–Trinajstić information content (AvgIpc) is 2.27. The molecule has 0 aliphatic rings. The molecule has 0 aromatic heterocycles. The smallest absolute Gasteiger partial charge is 0.321 e. The second-order valence-electron chi connectivity index (χ2n) is 3.41. The van der Waals surface area contributed by atoms with Crippen LogP contribution >= 0.6 is 25.3 Å². The van der Waals surface area contributed by atoms with E-state index in [0.717, 1.165) is 0 Å². The zero-order valence-corrected chi connectivity index (χ0v) is 11.1.